The molecule has 0 aliphatic rings. The first-order valence-corrected chi connectivity index (χ1v) is 7.11. The summed E-state index contributed by atoms with van der Waals surface area (Å²) in [5.74, 6) is 0.134. The Morgan fingerprint density at radius 3 is 2.35 bits per heavy atom. The molecule has 0 aliphatic carbocycles. The summed E-state index contributed by atoms with van der Waals surface area (Å²) < 4.78 is 5.38. The van der Waals surface area contributed by atoms with Crippen molar-refractivity contribution in [3.8, 4) is 5.75 Å². The van der Waals surface area contributed by atoms with Crippen LogP contribution in [0.15, 0.2) is 36.4 Å². The quantitative estimate of drug-likeness (QED) is 0.676. The lowest BCUT2D eigenvalue weighted by Gasteiger charge is -2.09. The third-order valence-corrected chi connectivity index (χ3v) is 3.24. The monoisotopic (exact) mass is 314 g/mol. The van der Waals surface area contributed by atoms with Gasteiger partial charge in [0.05, 0.1) is 4.92 Å². The van der Waals surface area contributed by atoms with Gasteiger partial charge in [-0.2, -0.15) is 0 Å². The highest BCUT2D eigenvalue weighted by molar-refractivity contribution is 5.92. The summed E-state index contributed by atoms with van der Waals surface area (Å²) >= 11 is 0. The molecule has 0 spiro atoms. The molecule has 0 aliphatic heterocycles. The number of hydrogen-bond acceptors (Lipinski definition) is 4. The summed E-state index contributed by atoms with van der Waals surface area (Å²) in [5, 5.41) is 13.5. The van der Waals surface area contributed by atoms with Gasteiger partial charge in [0.15, 0.2) is 6.61 Å². The average Bonchev–Trinajstić information content (AvgIpc) is 2.43. The van der Waals surface area contributed by atoms with Crippen LogP contribution in [0.25, 0.3) is 0 Å². The number of carbonyl (C=O) groups excluding carboxylic acids is 1. The minimum atomic E-state index is -0.452. The van der Waals surface area contributed by atoms with Gasteiger partial charge in [0.1, 0.15) is 5.75 Å². The summed E-state index contributed by atoms with van der Waals surface area (Å²) in [6, 6.07) is 10.2. The average molecular weight is 314 g/mol. The molecule has 6 nitrogen and oxygen atoms in total. The fourth-order valence-corrected chi connectivity index (χ4v) is 2.32. The number of benzene rings is 2. The maximum absolute atomic E-state index is 11.9. The fraction of sp³-hybridized carbons (Fsp3) is 0.235. The molecule has 0 saturated carbocycles. The molecule has 0 heterocycles. The Balaban J connectivity index is 1.96. The third-order valence-electron chi connectivity index (χ3n) is 3.24. The molecule has 2 aromatic carbocycles. The van der Waals surface area contributed by atoms with E-state index in [1.54, 1.807) is 13.0 Å². The van der Waals surface area contributed by atoms with Crippen molar-refractivity contribution in [2.45, 2.75) is 20.8 Å². The first-order valence-electron chi connectivity index (χ1n) is 7.11. The number of ether oxygens (including phenoxy) is 1. The van der Waals surface area contributed by atoms with Crippen molar-refractivity contribution in [3.63, 3.8) is 0 Å². The summed E-state index contributed by atoms with van der Waals surface area (Å²) in [7, 11) is 0. The van der Waals surface area contributed by atoms with Gasteiger partial charge in [0, 0.05) is 17.3 Å². The molecule has 2 rings (SSSR count). The Morgan fingerprint density at radius 2 is 1.78 bits per heavy atom. The van der Waals surface area contributed by atoms with Crippen molar-refractivity contribution in [2.75, 3.05) is 11.9 Å². The Labute approximate surface area is 134 Å². The van der Waals surface area contributed by atoms with Gasteiger partial charge in [0.2, 0.25) is 0 Å². The highest BCUT2D eigenvalue weighted by Gasteiger charge is 2.11. The van der Waals surface area contributed by atoms with Gasteiger partial charge in [-0.25, -0.2) is 0 Å². The number of carbonyl (C=O) groups is 1. The van der Waals surface area contributed by atoms with Crippen LogP contribution in [0, 0.1) is 30.9 Å². The number of amides is 1. The van der Waals surface area contributed by atoms with Gasteiger partial charge in [-0.05, 0) is 56.2 Å². The number of nitrogens with one attached hydrogen (secondary N) is 1. The Bertz CT molecular complexity index is 736. The predicted octanol–water partition coefficient (Wildman–Crippen LogP) is 3.54. The maximum atomic E-state index is 11.9. The van der Waals surface area contributed by atoms with Crippen LogP contribution in [0.5, 0.6) is 5.75 Å². The number of nitrogens with zero attached hydrogens (tertiary/aromatic N) is 1. The Kier molecular flexibility index (Phi) is 4.95. The molecule has 0 fully saturated rings. The molecule has 23 heavy (non-hydrogen) atoms. The van der Waals surface area contributed by atoms with Gasteiger partial charge in [-0.1, -0.05) is 6.07 Å². The molecule has 1 amide bonds. The third kappa shape index (κ3) is 4.54. The minimum Gasteiger partial charge on any atom is -0.484 e. The van der Waals surface area contributed by atoms with Crippen LogP contribution in [0.3, 0.4) is 0 Å². The van der Waals surface area contributed by atoms with Crippen molar-refractivity contribution < 1.29 is 14.5 Å². The van der Waals surface area contributed by atoms with E-state index in [0.717, 1.165) is 16.8 Å². The second-order valence-electron chi connectivity index (χ2n) is 5.42. The van der Waals surface area contributed by atoms with Crippen molar-refractivity contribution in [3.05, 3.63) is 63.2 Å². The lowest BCUT2D eigenvalue weighted by molar-refractivity contribution is -0.385. The van der Waals surface area contributed by atoms with E-state index >= 15 is 0 Å². The van der Waals surface area contributed by atoms with Crippen LogP contribution in [0.1, 0.15) is 16.7 Å². The van der Waals surface area contributed by atoms with E-state index in [4.69, 9.17) is 4.74 Å². The lowest BCUT2D eigenvalue weighted by atomic mass is 10.1. The van der Waals surface area contributed by atoms with Crippen molar-refractivity contribution in [1.29, 1.82) is 0 Å². The molecular weight excluding hydrogens is 296 g/mol. The molecule has 0 aromatic heterocycles. The molecule has 0 radical (unpaired) electrons. The standard InChI is InChI=1S/C17H18N2O4/c1-11-6-12(2)8-14(7-11)18-17(20)10-23-15-4-5-16(19(21)22)13(3)9-15/h4-9H,10H2,1-3H3,(H,18,20). The highest BCUT2D eigenvalue weighted by Crippen LogP contribution is 2.23. The lowest BCUT2D eigenvalue weighted by Crippen LogP contribution is -2.20. The van der Waals surface area contributed by atoms with Gasteiger partial charge in [-0.15, -0.1) is 0 Å². The number of aryl methyl sites for hydroxylation is 3. The summed E-state index contributed by atoms with van der Waals surface area (Å²) in [6.45, 7) is 5.38. The topological polar surface area (TPSA) is 81.5 Å². The SMILES string of the molecule is Cc1cc(C)cc(NC(=O)COc2ccc([N+](=O)[O-])c(C)c2)c1. The smallest absolute Gasteiger partial charge is 0.272 e. The highest BCUT2D eigenvalue weighted by atomic mass is 16.6. The molecule has 120 valence electrons. The van der Waals surface area contributed by atoms with Crippen LogP contribution in [0.4, 0.5) is 11.4 Å². The van der Waals surface area contributed by atoms with E-state index in [1.807, 2.05) is 32.0 Å². The number of rotatable bonds is 5. The zero-order valence-corrected chi connectivity index (χ0v) is 13.3. The molecule has 0 saturated heterocycles. The number of hydrogen-bond donors (Lipinski definition) is 1. The second-order valence-corrected chi connectivity index (χ2v) is 5.42. The van der Waals surface area contributed by atoms with E-state index in [1.165, 1.54) is 12.1 Å². The Hall–Kier alpha value is -2.89. The fourth-order valence-electron chi connectivity index (χ4n) is 2.32. The summed E-state index contributed by atoms with van der Waals surface area (Å²) in [6.07, 6.45) is 0. The van der Waals surface area contributed by atoms with E-state index < -0.39 is 4.92 Å². The van der Waals surface area contributed by atoms with Crippen LogP contribution < -0.4 is 10.1 Å². The van der Waals surface area contributed by atoms with E-state index in [9.17, 15) is 14.9 Å². The Morgan fingerprint density at radius 1 is 1.13 bits per heavy atom. The zero-order chi connectivity index (χ0) is 17.0. The van der Waals surface area contributed by atoms with E-state index in [0.29, 0.717) is 11.3 Å². The van der Waals surface area contributed by atoms with Crippen LogP contribution >= 0.6 is 0 Å². The van der Waals surface area contributed by atoms with Gasteiger partial charge in [-0.3, -0.25) is 14.9 Å². The van der Waals surface area contributed by atoms with Gasteiger partial charge in [0.25, 0.3) is 11.6 Å². The maximum Gasteiger partial charge on any atom is 0.272 e. The first-order chi connectivity index (χ1) is 10.8. The number of anilines is 1. The molecule has 0 atom stereocenters. The molecule has 2 aromatic rings. The first kappa shape index (κ1) is 16.5. The van der Waals surface area contributed by atoms with Crippen LogP contribution in [-0.4, -0.2) is 17.4 Å². The molecule has 0 bridgehead atoms. The van der Waals surface area contributed by atoms with Crippen molar-refractivity contribution in [2.24, 2.45) is 0 Å². The summed E-state index contributed by atoms with van der Waals surface area (Å²) in [4.78, 5) is 22.2. The number of nitro groups is 1. The van der Waals surface area contributed by atoms with Crippen LogP contribution in [-0.2, 0) is 4.79 Å². The molecule has 0 unspecified atom stereocenters. The van der Waals surface area contributed by atoms with Gasteiger partial charge >= 0.3 is 0 Å². The predicted molar refractivity (Wildman–Crippen MR) is 87.9 cm³/mol. The van der Waals surface area contributed by atoms with E-state index in [2.05, 4.69) is 5.32 Å². The van der Waals surface area contributed by atoms with Crippen molar-refractivity contribution >= 4 is 17.3 Å². The second kappa shape index (κ2) is 6.91. The largest absolute Gasteiger partial charge is 0.484 e. The molecule has 1 N–H and O–H groups in total. The van der Waals surface area contributed by atoms with Crippen molar-refractivity contribution in [1.82, 2.24) is 0 Å². The van der Waals surface area contributed by atoms with E-state index in [-0.39, 0.29) is 18.2 Å². The zero-order valence-electron chi connectivity index (χ0n) is 13.3. The molecule has 6 heteroatoms. The summed E-state index contributed by atoms with van der Waals surface area (Å²) in [5.41, 5.74) is 3.36. The molecular formula is C17H18N2O4. The number of nitro benzene ring substituents is 1. The normalized spacial score (nSPS) is 10.2. The van der Waals surface area contributed by atoms with Gasteiger partial charge < -0.3 is 10.1 Å². The van der Waals surface area contributed by atoms with Crippen LogP contribution in [0.2, 0.25) is 0 Å². The minimum absolute atomic E-state index is 0.0250.